The molecule has 2 amide bonds. The molecule has 0 saturated heterocycles. The van der Waals surface area contributed by atoms with Crippen molar-refractivity contribution in [3.05, 3.63) is 28.2 Å². The molecule has 6 nitrogen and oxygen atoms in total. The lowest BCUT2D eigenvalue weighted by Gasteiger charge is -2.06. The van der Waals surface area contributed by atoms with Gasteiger partial charge in [-0.25, -0.2) is 0 Å². The van der Waals surface area contributed by atoms with E-state index < -0.39 is 5.91 Å². The van der Waals surface area contributed by atoms with Crippen molar-refractivity contribution in [2.24, 2.45) is 11.1 Å². The summed E-state index contributed by atoms with van der Waals surface area (Å²) in [7, 11) is 0. The summed E-state index contributed by atoms with van der Waals surface area (Å²) in [5, 5.41) is 9.38. The van der Waals surface area contributed by atoms with Crippen molar-refractivity contribution in [2.75, 3.05) is 18.5 Å². The molecule has 126 valence electrons. The minimum absolute atomic E-state index is 0.241. The average Bonchev–Trinajstić information content (AvgIpc) is 2.47. The van der Waals surface area contributed by atoms with Crippen LogP contribution in [0.2, 0.25) is 10.0 Å². The Labute approximate surface area is 145 Å². The fourth-order valence-corrected chi connectivity index (χ4v) is 1.78. The summed E-state index contributed by atoms with van der Waals surface area (Å²) in [6.07, 6.45) is 1.82. The Morgan fingerprint density at radius 1 is 1.30 bits per heavy atom. The van der Waals surface area contributed by atoms with Gasteiger partial charge in [0.05, 0.1) is 10.0 Å². The van der Waals surface area contributed by atoms with Crippen LogP contribution in [0.4, 0.5) is 5.69 Å². The Morgan fingerprint density at radius 3 is 2.70 bits per heavy atom. The Balaban J connectivity index is 2.27. The van der Waals surface area contributed by atoms with Crippen molar-refractivity contribution in [2.45, 2.75) is 20.3 Å². The summed E-state index contributed by atoms with van der Waals surface area (Å²) >= 11 is 11.6. The van der Waals surface area contributed by atoms with Crippen LogP contribution in [0.5, 0.6) is 0 Å². The zero-order valence-electron chi connectivity index (χ0n) is 12.9. The number of benzene rings is 1. The summed E-state index contributed by atoms with van der Waals surface area (Å²) in [5.41, 5.74) is 0.474. The minimum atomic E-state index is -0.511. The van der Waals surface area contributed by atoms with Crippen molar-refractivity contribution >= 4 is 46.9 Å². The van der Waals surface area contributed by atoms with Crippen LogP contribution in [0, 0.1) is 5.92 Å². The SMILES string of the molecule is CC(C)CCNC(=O)CO/N=C/C(=O)Nc1ccc(Cl)c(Cl)c1. The van der Waals surface area contributed by atoms with E-state index in [2.05, 4.69) is 29.6 Å². The summed E-state index contributed by atoms with van der Waals surface area (Å²) in [6.45, 7) is 4.48. The molecular formula is C15H19Cl2N3O3. The molecule has 0 radical (unpaired) electrons. The summed E-state index contributed by atoms with van der Waals surface area (Å²) in [4.78, 5) is 27.7. The van der Waals surface area contributed by atoms with Crippen LogP contribution in [0.15, 0.2) is 23.4 Å². The molecular weight excluding hydrogens is 341 g/mol. The van der Waals surface area contributed by atoms with Crippen LogP contribution < -0.4 is 10.6 Å². The molecule has 8 heteroatoms. The van der Waals surface area contributed by atoms with E-state index in [0.29, 0.717) is 28.2 Å². The Bertz CT molecular complexity index is 577. The van der Waals surface area contributed by atoms with Gasteiger partial charge in [-0.05, 0) is 30.5 Å². The molecule has 0 saturated carbocycles. The van der Waals surface area contributed by atoms with Gasteiger partial charge >= 0.3 is 0 Å². The smallest absolute Gasteiger partial charge is 0.270 e. The molecule has 1 aromatic rings. The number of hydrogen-bond acceptors (Lipinski definition) is 4. The number of halogens is 2. The molecule has 0 aliphatic rings. The van der Waals surface area contributed by atoms with Crippen LogP contribution in [0.3, 0.4) is 0 Å². The van der Waals surface area contributed by atoms with E-state index in [1.807, 2.05) is 0 Å². The highest BCUT2D eigenvalue weighted by molar-refractivity contribution is 6.42. The zero-order valence-corrected chi connectivity index (χ0v) is 14.4. The maximum absolute atomic E-state index is 11.6. The van der Waals surface area contributed by atoms with E-state index in [9.17, 15) is 9.59 Å². The lowest BCUT2D eigenvalue weighted by atomic mass is 10.1. The first-order valence-corrected chi connectivity index (χ1v) is 7.82. The quantitative estimate of drug-likeness (QED) is 0.552. The van der Waals surface area contributed by atoms with Crippen LogP contribution in [0.25, 0.3) is 0 Å². The predicted molar refractivity (Wildman–Crippen MR) is 92.0 cm³/mol. The molecule has 0 spiro atoms. The van der Waals surface area contributed by atoms with Gasteiger partial charge in [0.2, 0.25) is 0 Å². The molecule has 2 N–H and O–H groups in total. The molecule has 0 fully saturated rings. The highest BCUT2D eigenvalue weighted by Gasteiger charge is 2.04. The van der Waals surface area contributed by atoms with Crippen molar-refractivity contribution in [1.29, 1.82) is 0 Å². The van der Waals surface area contributed by atoms with E-state index >= 15 is 0 Å². The predicted octanol–water partition coefficient (Wildman–Crippen LogP) is 3.10. The Morgan fingerprint density at radius 2 is 2.04 bits per heavy atom. The van der Waals surface area contributed by atoms with Crippen LogP contribution in [-0.4, -0.2) is 31.2 Å². The molecule has 0 atom stereocenters. The minimum Gasteiger partial charge on any atom is -0.386 e. The number of nitrogens with one attached hydrogen (secondary N) is 2. The Hall–Kier alpha value is -1.79. The third-order valence-electron chi connectivity index (χ3n) is 2.67. The van der Waals surface area contributed by atoms with Crippen LogP contribution in [0.1, 0.15) is 20.3 Å². The van der Waals surface area contributed by atoms with E-state index in [-0.39, 0.29) is 12.5 Å². The van der Waals surface area contributed by atoms with E-state index in [4.69, 9.17) is 28.0 Å². The molecule has 0 bridgehead atoms. The van der Waals surface area contributed by atoms with Crippen molar-refractivity contribution in [3.8, 4) is 0 Å². The number of hydrogen-bond donors (Lipinski definition) is 2. The molecule has 0 heterocycles. The number of nitrogens with zero attached hydrogens (tertiary/aromatic N) is 1. The normalized spacial score (nSPS) is 10.8. The second-order valence-electron chi connectivity index (χ2n) is 5.16. The maximum Gasteiger partial charge on any atom is 0.270 e. The number of anilines is 1. The first-order chi connectivity index (χ1) is 10.9. The Kier molecular flexibility index (Phi) is 8.43. The van der Waals surface area contributed by atoms with Gasteiger partial charge in [0.25, 0.3) is 11.8 Å². The summed E-state index contributed by atoms with van der Waals surface area (Å²) < 4.78 is 0. The van der Waals surface area contributed by atoms with Gasteiger partial charge in [-0.1, -0.05) is 42.2 Å². The molecule has 23 heavy (non-hydrogen) atoms. The second-order valence-corrected chi connectivity index (χ2v) is 5.97. The fourth-order valence-electron chi connectivity index (χ4n) is 1.48. The standard InChI is InChI=1S/C15H19Cl2N3O3/c1-10(2)5-6-18-15(22)9-23-19-8-14(21)20-11-3-4-12(16)13(17)7-11/h3-4,7-8,10H,5-6,9H2,1-2H3,(H,18,22)(H,20,21)/b19-8+. The maximum atomic E-state index is 11.6. The number of carbonyl (C=O) groups is 2. The number of rotatable bonds is 8. The van der Waals surface area contributed by atoms with Gasteiger partial charge in [-0.15, -0.1) is 0 Å². The average molecular weight is 360 g/mol. The zero-order chi connectivity index (χ0) is 17.2. The number of carbonyl (C=O) groups excluding carboxylic acids is 2. The fraction of sp³-hybridized carbons (Fsp3) is 0.400. The highest BCUT2D eigenvalue weighted by Crippen LogP contribution is 2.24. The second kappa shape index (κ2) is 10.1. The molecule has 0 aliphatic carbocycles. The first kappa shape index (κ1) is 19.3. The molecule has 0 aromatic heterocycles. The molecule has 0 unspecified atom stereocenters. The van der Waals surface area contributed by atoms with Gasteiger partial charge in [-0.2, -0.15) is 0 Å². The lowest BCUT2D eigenvalue weighted by molar-refractivity contribution is -0.125. The third-order valence-corrected chi connectivity index (χ3v) is 3.41. The molecule has 1 rings (SSSR count). The summed E-state index contributed by atoms with van der Waals surface area (Å²) in [5.74, 6) is -0.282. The number of oxime groups is 1. The van der Waals surface area contributed by atoms with Crippen molar-refractivity contribution in [1.82, 2.24) is 5.32 Å². The van der Waals surface area contributed by atoms with Gasteiger partial charge < -0.3 is 15.5 Å². The topological polar surface area (TPSA) is 79.8 Å². The monoisotopic (exact) mass is 359 g/mol. The van der Waals surface area contributed by atoms with E-state index in [0.717, 1.165) is 12.6 Å². The van der Waals surface area contributed by atoms with Crippen molar-refractivity contribution < 1.29 is 14.4 Å². The van der Waals surface area contributed by atoms with Crippen molar-refractivity contribution in [3.63, 3.8) is 0 Å². The molecule has 1 aromatic carbocycles. The van der Waals surface area contributed by atoms with E-state index in [1.165, 1.54) is 6.07 Å². The summed E-state index contributed by atoms with van der Waals surface area (Å²) in [6, 6.07) is 4.68. The first-order valence-electron chi connectivity index (χ1n) is 7.06. The van der Waals surface area contributed by atoms with Crippen LogP contribution in [-0.2, 0) is 14.4 Å². The lowest BCUT2D eigenvalue weighted by Crippen LogP contribution is -2.28. The number of amides is 2. The third kappa shape index (κ3) is 8.42. The van der Waals surface area contributed by atoms with Gasteiger partial charge in [0, 0.05) is 12.2 Å². The van der Waals surface area contributed by atoms with Crippen LogP contribution >= 0.6 is 23.2 Å². The van der Waals surface area contributed by atoms with E-state index in [1.54, 1.807) is 12.1 Å². The van der Waals surface area contributed by atoms with Gasteiger partial charge in [0.1, 0.15) is 6.21 Å². The van der Waals surface area contributed by atoms with Gasteiger partial charge in [-0.3, -0.25) is 9.59 Å². The molecule has 0 aliphatic heterocycles. The van der Waals surface area contributed by atoms with Gasteiger partial charge in [0.15, 0.2) is 6.61 Å². The largest absolute Gasteiger partial charge is 0.386 e. The highest BCUT2D eigenvalue weighted by atomic mass is 35.5.